The van der Waals surface area contributed by atoms with Crippen molar-refractivity contribution in [1.82, 2.24) is 0 Å². The van der Waals surface area contributed by atoms with Gasteiger partial charge in [0.15, 0.2) is 0 Å². The highest BCUT2D eigenvalue weighted by Crippen LogP contribution is 2.46. The maximum absolute atomic E-state index is 14.0. The van der Waals surface area contributed by atoms with Crippen LogP contribution < -0.4 is 5.73 Å². The van der Waals surface area contributed by atoms with Crippen LogP contribution in [-0.2, 0) is 6.42 Å². The van der Waals surface area contributed by atoms with Crippen LogP contribution in [0, 0.1) is 17.7 Å². The lowest BCUT2D eigenvalue weighted by Crippen LogP contribution is -2.46. The van der Waals surface area contributed by atoms with Crippen LogP contribution in [-0.4, -0.2) is 5.54 Å². The van der Waals surface area contributed by atoms with E-state index in [0.29, 0.717) is 6.42 Å². The molecule has 0 heterocycles. The van der Waals surface area contributed by atoms with E-state index < -0.39 is 0 Å². The van der Waals surface area contributed by atoms with Gasteiger partial charge in [-0.1, -0.05) is 34.8 Å². The zero-order chi connectivity index (χ0) is 13.5. The van der Waals surface area contributed by atoms with Gasteiger partial charge in [0.1, 0.15) is 5.82 Å². The molecule has 2 saturated carbocycles. The molecule has 19 heavy (non-hydrogen) atoms. The van der Waals surface area contributed by atoms with E-state index in [-0.39, 0.29) is 11.4 Å². The summed E-state index contributed by atoms with van der Waals surface area (Å²) in [5.74, 6) is 1.57. The van der Waals surface area contributed by atoms with Gasteiger partial charge in [0.25, 0.3) is 0 Å². The van der Waals surface area contributed by atoms with Gasteiger partial charge in [0, 0.05) is 10.0 Å². The van der Waals surface area contributed by atoms with Gasteiger partial charge in [0.05, 0.1) is 0 Å². The monoisotopic (exact) mass is 325 g/mol. The average molecular weight is 326 g/mol. The molecule has 2 atom stereocenters. The van der Waals surface area contributed by atoms with Gasteiger partial charge in [-0.15, -0.1) is 0 Å². The maximum Gasteiger partial charge on any atom is 0.127 e. The molecule has 1 aromatic carbocycles. The molecular formula is C16H21BrFN. The lowest BCUT2D eigenvalue weighted by Gasteiger charge is -2.38. The molecule has 2 aliphatic carbocycles. The first kappa shape index (κ1) is 13.6. The Balaban J connectivity index is 1.73. The van der Waals surface area contributed by atoms with E-state index in [4.69, 9.17) is 5.73 Å². The highest BCUT2D eigenvalue weighted by Gasteiger charge is 2.40. The van der Waals surface area contributed by atoms with E-state index in [9.17, 15) is 4.39 Å². The Bertz CT molecular complexity index is 472. The number of nitrogens with two attached hydrogens (primary N) is 1. The van der Waals surface area contributed by atoms with Gasteiger partial charge < -0.3 is 5.73 Å². The van der Waals surface area contributed by atoms with E-state index in [1.54, 1.807) is 6.07 Å². The third-order valence-corrected chi connectivity index (χ3v) is 5.26. The molecule has 3 rings (SSSR count). The summed E-state index contributed by atoms with van der Waals surface area (Å²) < 4.78 is 14.7. The summed E-state index contributed by atoms with van der Waals surface area (Å²) in [5, 5.41) is 0. The molecule has 0 bridgehead atoms. The molecule has 1 nitrogen and oxygen atoms in total. The SMILES string of the molecule is NC1(Cc2ccc(Br)cc2F)CCCC(C2CC2)C1. The Hall–Kier alpha value is -0.410. The minimum absolute atomic E-state index is 0.132. The Morgan fingerprint density at radius 1 is 1.26 bits per heavy atom. The number of benzene rings is 1. The van der Waals surface area contributed by atoms with Crippen LogP contribution in [0.5, 0.6) is 0 Å². The summed E-state index contributed by atoms with van der Waals surface area (Å²) in [6, 6.07) is 5.32. The number of hydrogen-bond donors (Lipinski definition) is 1. The Morgan fingerprint density at radius 3 is 2.74 bits per heavy atom. The van der Waals surface area contributed by atoms with E-state index >= 15 is 0 Å². The third kappa shape index (κ3) is 3.19. The summed E-state index contributed by atoms with van der Waals surface area (Å²) in [7, 11) is 0. The average Bonchev–Trinajstić information content (AvgIpc) is 3.17. The number of halogens is 2. The van der Waals surface area contributed by atoms with E-state index in [2.05, 4.69) is 15.9 Å². The summed E-state index contributed by atoms with van der Waals surface area (Å²) in [6.07, 6.45) is 8.08. The normalized spacial score (nSPS) is 31.4. The fourth-order valence-corrected chi connectivity index (χ4v) is 3.95. The predicted molar refractivity (Wildman–Crippen MR) is 79.4 cm³/mol. The molecular weight excluding hydrogens is 305 g/mol. The highest BCUT2D eigenvalue weighted by atomic mass is 79.9. The van der Waals surface area contributed by atoms with Crippen LogP contribution in [0.25, 0.3) is 0 Å². The minimum Gasteiger partial charge on any atom is -0.325 e. The summed E-state index contributed by atoms with van der Waals surface area (Å²) in [5.41, 5.74) is 7.15. The maximum atomic E-state index is 14.0. The predicted octanol–water partition coefficient (Wildman–Crippen LogP) is 4.43. The lowest BCUT2D eigenvalue weighted by molar-refractivity contribution is 0.203. The van der Waals surface area contributed by atoms with Gasteiger partial charge >= 0.3 is 0 Å². The second kappa shape index (κ2) is 5.17. The highest BCUT2D eigenvalue weighted by molar-refractivity contribution is 9.10. The van der Waals surface area contributed by atoms with Gasteiger partial charge in [-0.05, 0) is 61.6 Å². The third-order valence-electron chi connectivity index (χ3n) is 4.76. The van der Waals surface area contributed by atoms with Crippen molar-refractivity contribution in [3.8, 4) is 0 Å². The number of rotatable bonds is 3. The molecule has 2 N–H and O–H groups in total. The molecule has 2 aliphatic rings. The first-order valence-electron chi connectivity index (χ1n) is 7.29. The standard InChI is InChI=1S/C16H21BrFN/c17-14-6-5-13(15(18)8-14)10-16(19)7-1-2-12(9-16)11-3-4-11/h5-6,8,11-12H,1-4,7,9-10,19H2. The van der Waals surface area contributed by atoms with Crippen molar-refractivity contribution in [3.63, 3.8) is 0 Å². The van der Waals surface area contributed by atoms with Crippen molar-refractivity contribution in [3.05, 3.63) is 34.1 Å². The molecule has 0 aromatic heterocycles. The molecule has 0 saturated heterocycles. The Labute approximate surface area is 122 Å². The van der Waals surface area contributed by atoms with Crippen LogP contribution in [0.15, 0.2) is 22.7 Å². The van der Waals surface area contributed by atoms with Crippen molar-refractivity contribution >= 4 is 15.9 Å². The first-order valence-corrected chi connectivity index (χ1v) is 8.08. The fraction of sp³-hybridized carbons (Fsp3) is 0.625. The van der Waals surface area contributed by atoms with Gasteiger partial charge in [-0.2, -0.15) is 0 Å². The largest absolute Gasteiger partial charge is 0.325 e. The number of hydrogen-bond acceptors (Lipinski definition) is 1. The smallest absolute Gasteiger partial charge is 0.127 e. The summed E-state index contributed by atoms with van der Waals surface area (Å²) >= 11 is 3.30. The van der Waals surface area contributed by atoms with Gasteiger partial charge in [-0.3, -0.25) is 0 Å². The minimum atomic E-state index is -0.194. The van der Waals surface area contributed by atoms with Crippen molar-refractivity contribution in [2.45, 2.75) is 50.5 Å². The topological polar surface area (TPSA) is 26.0 Å². The van der Waals surface area contributed by atoms with Crippen molar-refractivity contribution in [1.29, 1.82) is 0 Å². The van der Waals surface area contributed by atoms with Crippen LogP contribution in [0.2, 0.25) is 0 Å². The van der Waals surface area contributed by atoms with Crippen molar-refractivity contribution in [2.75, 3.05) is 0 Å². The second-order valence-electron chi connectivity index (χ2n) is 6.47. The molecule has 2 unspecified atom stereocenters. The molecule has 1 aromatic rings. The van der Waals surface area contributed by atoms with Crippen LogP contribution in [0.4, 0.5) is 4.39 Å². The lowest BCUT2D eigenvalue weighted by atomic mass is 9.72. The Kier molecular flexibility index (Phi) is 3.69. The van der Waals surface area contributed by atoms with Gasteiger partial charge in [0.2, 0.25) is 0 Å². The first-order chi connectivity index (χ1) is 9.06. The van der Waals surface area contributed by atoms with Crippen LogP contribution in [0.3, 0.4) is 0 Å². The van der Waals surface area contributed by atoms with Crippen molar-refractivity contribution < 1.29 is 4.39 Å². The molecule has 104 valence electrons. The second-order valence-corrected chi connectivity index (χ2v) is 7.38. The van der Waals surface area contributed by atoms with E-state index in [0.717, 1.165) is 34.7 Å². The molecule has 0 spiro atoms. The van der Waals surface area contributed by atoms with E-state index in [1.165, 1.54) is 25.7 Å². The molecule has 0 radical (unpaired) electrons. The van der Waals surface area contributed by atoms with Crippen LogP contribution in [0.1, 0.15) is 44.1 Å². The zero-order valence-corrected chi connectivity index (χ0v) is 12.8. The van der Waals surface area contributed by atoms with E-state index in [1.807, 2.05) is 12.1 Å². The van der Waals surface area contributed by atoms with Crippen molar-refractivity contribution in [2.24, 2.45) is 17.6 Å². The molecule has 2 fully saturated rings. The zero-order valence-electron chi connectivity index (χ0n) is 11.2. The molecule has 0 amide bonds. The van der Waals surface area contributed by atoms with Gasteiger partial charge in [-0.25, -0.2) is 4.39 Å². The fourth-order valence-electron chi connectivity index (χ4n) is 3.62. The molecule has 0 aliphatic heterocycles. The summed E-state index contributed by atoms with van der Waals surface area (Å²) in [4.78, 5) is 0. The van der Waals surface area contributed by atoms with Crippen LogP contribution >= 0.6 is 15.9 Å². The quantitative estimate of drug-likeness (QED) is 0.874. The Morgan fingerprint density at radius 2 is 2.05 bits per heavy atom. The molecule has 3 heteroatoms. The summed E-state index contributed by atoms with van der Waals surface area (Å²) in [6.45, 7) is 0.